The average molecular weight is 275 g/mol. The second-order valence-electron chi connectivity index (χ2n) is 4.24. The standard InChI is InChI=1S/C13H13N3O2S/c1-18-11-7-19-13(15-11)16-12(17)10-6-8-4-2-3-5-9(8)14-10/h2-5,7,10,14H,6H2,1H3,(H,15,16,17). The van der Waals surface area contributed by atoms with E-state index in [1.165, 1.54) is 16.9 Å². The number of rotatable bonds is 3. The number of aromatic nitrogens is 1. The van der Waals surface area contributed by atoms with Gasteiger partial charge in [-0.1, -0.05) is 18.2 Å². The summed E-state index contributed by atoms with van der Waals surface area (Å²) in [6.07, 6.45) is 0.699. The Morgan fingerprint density at radius 2 is 2.37 bits per heavy atom. The lowest BCUT2D eigenvalue weighted by Crippen LogP contribution is -2.32. The fourth-order valence-electron chi connectivity index (χ4n) is 2.06. The van der Waals surface area contributed by atoms with Crippen LogP contribution in [0.2, 0.25) is 0 Å². The quantitative estimate of drug-likeness (QED) is 0.900. The molecule has 2 N–H and O–H groups in total. The first-order chi connectivity index (χ1) is 9.26. The van der Waals surface area contributed by atoms with Crippen molar-refractivity contribution in [3.8, 4) is 5.88 Å². The number of methoxy groups -OCH3 is 1. The van der Waals surface area contributed by atoms with Crippen LogP contribution < -0.4 is 15.4 Å². The SMILES string of the molecule is COc1csc(NC(=O)C2Cc3ccccc3N2)n1. The normalized spacial score (nSPS) is 16.6. The highest BCUT2D eigenvalue weighted by molar-refractivity contribution is 7.14. The largest absolute Gasteiger partial charge is 0.480 e. The molecule has 0 bridgehead atoms. The van der Waals surface area contributed by atoms with E-state index in [0.29, 0.717) is 17.4 Å². The molecule has 19 heavy (non-hydrogen) atoms. The molecule has 6 heteroatoms. The lowest BCUT2D eigenvalue weighted by molar-refractivity contribution is -0.116. The van der Waals surface area contributed by atoms with Crippen molar-refractivity contribution in [3.63, 3.8) is 0 Å². The molecule has 0 spiro atoms. The minimum absolute atomic E-state index is 0.0757. The number of fused-ring (bicyclic) bond motifs is 1. The number of hydrogen-bond donors (Lipinski definition) is 2. The van der Waals surface area contributed by atoms with Gasteiger partial charge in [0.15, 0.2) is 5.13 Å². The molecule has 1 aliphatic heterocycles. The topological polar surface area (TPSA) is 63.2 Å². The number of nitrogens with one attached hydrogen (secondary N) is 2. The first-order valence-electron chi connectivity index (χ1n) is 5.91. The Kier molecular flexibility index (Phi) is 3.08. The summed E-state index contributed by atoms with van der Waals surface area (Å²) in [5.41, 5.74) is 2.19. The summed E-state index contributed by atoms with van der Waals surface area (Å²) in [4.78, 5) is 16.3. The van der Waals surface area contributed by atoms with Crippen LogP contribution in [-0.2, 0) is 11.2 Å². The summed E-state index contributed by atoms with van der Waals surface area (Å²) in [5, 5.41) is 8.32. The molecule has 1 unspecified atom stereocenters. The average Bonchev–Trinajstić information content (AvgIpc) is 3.04. The molecule has 0 saturated carbocycles. The smallest absolute Gasteiger partial charge is 0.248 e. The molecule has 0 radical (unpaired) electrons. The van der Waals surface area contributed by atoms with Crippen molar-refractivity contribution in [2.45, 2.75) is 12.5 Å². The van der Waals surface area contributed by atoms with Gasteiger partial charge in [-0.05, 0) is 11.6 Å². The summed E-state index contributed by atoms with van der Waals surface area (Å²) >= 11 is 1.35. The number of anilines is 2. The Bertz CT molecular complexity index is 586. The molecule has 1 aliphatic rings. The molecule has 1 atom stereocenters. The molecule has 5 nitrogen and oxygen atoms in total. The fraction of sp³-hybridized carbons (Fsp3) is 0.231. The number of nitrogens with zero attached hydrogens (tertiary/aromatic N) is 1. The highest BCUT2D eigenvalue weighted by atomic mass is 32.1. The van der Waals surface area contributed by atoms with E-state index in [9.17, 15) is 4.79 Å². The molecule has 2 heterocycles. The van der Waals surface area contributed by atoms with Crippen LogP contribution in [0.5, 0.6) is 5.88 Å². The Balaban J connectivity index is 1.66. The maximum atomic E-state index is 12.1. The molecule has 0 fully saturated rings. The van der Waals surface area contributed by atoms with Gasteiger partial charge in [0.05, 0.1) is 12.5 Å². The molecule has 98 valence electrons. The van der Waals surface area contributed by atoms with Crippen molar-refractivity contribution in [2.75, 3.05) is 17.7 Å². The molecular weight excluding hydrogens is 262 g/mol. The van der Waals surface area contributed by atoms with Crippen LogP contribution in [0.4, 0.5) is 10.8 Å². The van der Waals surface area contributed by atoms with Crippen molar-refractivity contribution in [1.29, 1.82) is 0 Å². The van der Waals surface area contributed by atoms with Crippen LogP contribution in [0.3, 0.4) is 0 Å². The van der Waals surface area contributed by atoms with Gasteiger partial charge in [-0.2, -0.15) is 4.98 Å². The van der Waals surface area contributed by atoms with Crippen LogP contribution in [0, 0.1) is 0 Å². The Morgan fingerprint density at radius 3 is 3.11 bits per heavy atom. The number of benzene rings is 1. The maximum Gasteiger partial charge on any atom is 0.248 e. The number of carbonyl (C=O) groups is 1. The van der Waals surface area contributed by atoms with E-state index in [1.807, 2.05) is 24.3 Å². The van der Waals surface area contributed by atoms with Crippen molar-refractivity contribution in [1.82, 2.24) is 4.98 Å². The first kappa shape index (κ1) is 12.0. The summed E-state index contributed by atoms with van der Waals surface area (Å²) in [5.74, 6) is 0.441. The summed E-state index contributed by atoms with van der Waals surface area (Å²) in [6.45, 7) is 0. The predicted octanol–water partition coefficient (Wildman–Crippen LogP) is 2.13. The summed E-state index contributed by atoms with van der Waals surface area (Å²) < 4.78 is 4.98. The molecule has 3 rings (SSSR count). The maximum absolute atomic E-state index is 12.1. The van der Waals surface area contributed by atoms with E-state index in [-0.39, 0.29) is 11.9 Å². The number of para-hydroxylation sites is 1. The zero-order chi connectivity index (χ0) is 13.2. The van der Waals surface area contributed by atoms with E-state index in [4.69, 9.17) is 4.74 Å². The van der Waals surface area contributed by atoms with Gasteiger partial charge in [0.2, 0.25) is 11.8 Å². The number of carbonyl (C=O) groups excluding carboxylic acids is 1. The minimum atomic E-state index is -0.243. The van der Waals surface area contributed by atoms with Crippen LogP contribution in [0.1, 0.15) is 5.56 Å². The van der Waals surface area contributed by atoms with Crippen LogP contribution >= 0.6 is 11.3 Å². The van der Waals surface area contributed by atoms with Gasteiger partial charge in [0.1, 0.15) is 6.04 Å². The highest BCUT2D eigenvalue weighted by Gasteiger charge is 2.26. The number of amides is 1. The van der Waals surface area contributed by atoms with Crippen molar-refractivity contribution in [2.24, 2.45) is 0 Å². The van der Waals surface area contributed by atoms with Gasteiger partial charge in [-0.15, -0.1) is 11.3 Å². The number of thiazole rings is 1. The predicted molar refractivity (Wildman–Crippen MR) is 74.9 cm³/mol. The second kappa shape index (κ2) is 4.89. The molecule has 1 aromatic carbocycles. The fourth-order valence-corrected chi connectivity index (χ4v) is 2.72. The monoisotopic (exact) mass is 275 g/mol. The zero-order valence-electron chi connectivity index (χ0n) is 10.3. The van der Waals surface area contributed by atoms with Gasteiger partial charge < -0.3 is 15.4 Å². The summed E-state index contributed by atoms with van der Waals surface area (Å²) in [7, 11) is 1.55. The van der Waals surface area contributed by atoms with Gasteiger partial charge >= 0.3 is 0 Å². The van der Waals surface area contributed by atoms with E-state index < -0.39 is 0 Å². The molecule has 1 aromatic heterocycles. The molecule has 1 amide bonds. The van der Waals surface area contributed by atoms with Gasteiger partial charge in [-0.3, -0.25) is 4.79 Å². The molecule has 0 saturated heterocycles. The van der Waals surface area contributed by atoms with Crippen LogP contribution in [-0.4, -0.2) is 24.0 Å². The van der Waals surface area contributed by atoms with E-state index in [2.05, 4.69) is 15.6 Å². The lowest BCUT2D eigenvalue weighted by Gasteiger charge is -2.09. The van der Waals surface area contributed by atoms with Crippen LogP contribution in [0.15, 0.2) is 29.6 Å². The molecule has 0 aliphatic carbocycles. The highest BCUT2D eigenvalue weighted by Crippen LogP contribution is 2.26. The third-order valence-electron chi connectivity index (χ3n) is 3.01. The first-order valence-corrected chi connectivity index (χ1v) is 6.79. The van der Waals surface area contributed by atoms with Crippen molar-refractivity contribution < 1.29 is 9.53 Å². The van der Waals surface area contributed by atoms with E-state index in [0.717, 1.165) is 5.69 Å². The number of hydrogen-bond acceptors (Lipinski definition) is 5. The minimum Gasteiger partial charge on any atom is -0.480 e. The van der Waals surface area contributed by atoms with Crippen molar-refractivity contribution >= 4 is 28.1 Å². The molecular formula is C13H13N3O2S. The lowest BCUT2D eigenvalue weighted by atomic mass is 10.1. The summed E-state index contributed by atoms with van der Waals surface area (Å²) in [6, 6.07) is 7.70. The Labute approximate surface area is 114 Å². The third-order valence-corrected chi connectivity index (χ3v) is 3.75. The van der Waals surface area contributed by atoms with Crippen molar-refractivity contribution in [3.05, 3.63) is 35.2 Å². The van der Waals surface area contributed by atoms with Gasteiger partial charge in [0.25, 0.3) is 0 Å². The van der Waals surface area contributed by atoms with E-state index >= 15 is 0 Å². The third kappa shape index (κ3) is 2.39. The Hall–Kier alpha value is -2.08. The molecule has 2 aromatic rings. The number of ether oxygens (including phenoxy) is 1. The van der Waals surface area contributed by atoms with Gasteiger partial charge in [0, 0.05) is 12.1 Å². The Morgan fingerprint density at radius 1 is 1.53 bits per heavy atom. The van der Waals surface area contributed by atoms with Gasteiger partial charge in [-0.25, -0.2) is 0 Å². The second-order valence-corrected chi connectivity index (χ2v) is 5.10. The zero-order valence-corrected chi connectivity index (χ0v) is 11.2. The van der Waals surface area contributed by atoms with E-state index in [1.54, 1.807) is 12.5 Å². The van der Waals surface area contributed by atoms with Crippen LogP contribution in [0.25, 0.3) is 0 Å².